The van der Waals surface area contributed by atoms with Gasteiger partial charge in [0.15, 0.2) is 5.96 Å². The summed E-state index contributed by atoms with van der Waals surface area (Å²) < 4.78 is 5.85. The SMILES string of the molecule is Cc1cccc(C)c1OCCCNC(N)=NCC1CCC1.I. The van der Waals surface area contributed by atoms with E-state index >= 15 is 0 Å². The summed E-state index contributed by atoms with van der Waals surface area (Å²) in [6.45, 7) is 6.51. The lowest BCUT2D eigenvalue weighted by atomic mass is 9.86. The molecule has 2 rings (SSSR count). The van der Waals surface area contributed by atoms with Crippen molar-refractivity contribution in [2.45, 2.75) is 39.5 Å². The first kappa shape index (κ1) is 19.1. The second-order valence-corrected chi connectivity index (χ2v) is 5.87. The summed E-state index contributed by atoms with van der Waals surface area (Å²) in [5, 5.41) is 3.15. The van der Waals surface area contributed by atoms with Crippen LogP contribution in [-0.2, 0) is 0 Å². The first-order valence-electron chi connectivity index (χ1n) is 7.89. The van der Waals surface area contributed by atoms with Crippen LogP contribution in [0.5, 0.6) is 5.75 Å². The molecule has 4 nitrogen and oxygen atoms in total. The third kappa shape index (κ3) is 6.02. The number of nitrogens with one attached hydrogen (secondary N) is 1. The monoisotopic (exact) mass is 417 g/mol. The van der Waals surface area contributed by atoms with E-state index in [9.17, 15) is 0 Å². The molecule has 3 N–H and O–H groups in total. The van der Waals surface area contributed by atoms with E-state index in [2.05, 4.69) is 42.4 Å². The second kappa shape index (κ2) is 9.92. The predicted octanol–water partition coefficient (Wildman–Crippen LogP) is 3.39. The third-order valence-electron chi connectivity index (χ3n) is 4.03. The minimum absolute atomic E-state index is 0. The maximum absolute atomic E-state index is 5.85. The zero-order valence-corrected chi connectivity index (χ0v) is 15.9. The fourth-order valence-corrected chi connectivity index (χ4v) is 2.45. The van der Waals surface area contributed by atoms with E-state index < -0.39 is 0 Å². The van der Waals surface area contributed by atoms with Crippen molar-refractivity contribution in [1.82, 2.24) is 5.32 Å². The fraction of sp³-hybridized carbons (Fsp3) is 0.588. The van der Waals surface area contributed by atoms with Gasteiger partial charge in [-0.25, -0.2) is 0 Å². The Balaban J connectivity index is 0.00000242. The molecule has 22 heavy (non-hydrogen) atoms. The van der Waals surface area contributed by atoms with Gasteiger partial charge in [-0.1, -0.05) is 24.6 Å². The van der Waals surface area contributed by atoms with E-state index in [0.717, 1.165) is 31.2 Å². The van der Waals surface area contributed by atoms with Gasteiger partial charge >= 0.3 is 0 Å². The minimum atomic E-state index is 0. The molecule has 124 valence electrons. The highest BCUT2D eigenvalue weighted by molar-refractivity contribution is 14.0. The van der Waals surface area contributed by atoms with Crippen molar-refractivity contribution in [2.24, 2.45) is 16.6 Å². The second-order valence-electron chi connectivity index (χ2n) is 5.87. The van der Waals surface area contributed by atoms with Gasteiger partial charge < -0.3 is 15.8 Å². The Morgan fingerprint density at radius 2 is 2.00 bits per heavy atom. The quantitative estimate of drug-likeness (QED) is 0.310. The summed E-state index contributed by atoms with van der Waals surface area (Å²) >= 11 is 0. The van der Waals surface area contributed by atoms with Crippen molar-refractivity contribution in [3.05, 3.63) is 29.3 Å². The Morgan fingerprint density at radius 3 is 2.59 bits per heavy atom. The van der Waals surface area contributed by atoms with Crippen LogP contribution in [0.2, 0.25) is 0 Å². The van der Waals surface area contributed by atoms with Crippen LogP contribution in [0.1, 0.15) is 36.8 Å². The van der Waals surface area contributed by atoms with Crippen LogP contribution in [-0.4, -0.2) is 25.7 Å². The normalized spacial score (nSPS) is 14.9. The van der Waals surface area contributed by atoms with Gasteiger partial charge in [-0.05, 0) is 50.2 Å². The molecule has 0 radical (unpaired) electrons. The maximum Gasteiger partial charge on any atom is 0.188 e. The van der Waals surface area contributed by atoms with Crippen LogP contribution in [0.15, 0.2) is 23.2 Å². The van der Waals surface area contributed by atoms with Gasteiger partial charge in [0.2, 0.25) is 0 Å². The van der Waals surface area contributed by atoms with Crippen molar-refractivity contribution in [1.29, 1.82) is 0 Å². The molecule has 0 atom stereocenters. The van der Waals surface area contributed by atoms with Crippen molar-refractivity contribution in [3.63, 3.8) is 0 Å². The van der Waals surface area contributed by atoms with Gasteiger partial charge in [0.1, 0.15) is 5.75 Å². The summed E-state index contributed by atoms with van der Waals surface area (Å²) in [5.41, 5.74) is 8.21. The summed E-state index contributed by atoms with van der Waals surface area (Å²) in [6.07, 6.45) is 4.87. The van der Waals surface area contributed by atoms with Crippen molar-refractivity contribution < 1.29 is 4.74 Å². The standard InChI is InChI=1S/C17H27N3O.HI/c1-13-6-3-7-14(2)16(13)21-11-5-10-19-17(18)20-12-15-8-4-9-15;/h3,6-7,15H,4-5,8-12H2,1-2H3,(H3,18,19,20);1H. The van der Waals surface area contributed by atoms with Gasteiger partial charge in [0.25, 0.3) is 0 Å². The molecule has 1 fully saturated rings. The predicted molar refractivity (Wildman–Crippen MR) is 103 cm³/mol. The van der Waals surface area contributed by atoms with E-state index in [1.165, 1.54) is 30.4 Å². The van der Waals surface area contributed by atoms with E-state index in [4.69, 9.17) is 10.5 Å². The molecule has 1 aliphatic carbocycles. The highest BCUT2D eigenvalue weighted by atomic mass is 127. The first-order chi connectivity index (χ1) is 10.2. The highest BCUT2D eigenvalue weighted by Crippen LogP contribution is 2.26. The molecule has 1 aliphatic rings. The Kier molecular flexibility index (Phi) is 8.60. The largest absolute Gasteiger partial charge is 0.493 e. The van der Waals surface area contributed by atoms with Gasteiger partial charge in [-0.3, -0.25) is 4.99 Å². The average Bonchev–Trinajstić information content (AvgIpc) is 2.39. The van der Waals surface area contributed by atoms with Crippen LogP contribution in [0.4, 0.5) is 0 Å². The van der Waals surface area contributed by atoms with Gasteiger partial charge in [0, 0.05) is 13.1 Å². The number of aliphatic imine (C=N–C) groups is 1. The average molecular weight is 417 g/mol. The number of hydrogen-bond donors (Lipinski definition) is 2. The fourth-order valence-electron chi connectivity index (χ4n) is 2.45. The molecule has 0 aromatic heterocycles. The molecule has 5 heteroatoms. The number of aryl methyl sites for hydroxylation is 2. The molecule has 1 aromatic carbocycles. The maximum atomic E-state index is 5.85. The number of rotatable bonds is 7. The van der Waals surface area contributed by atoms with Crippen LogP contribution in [0.3, 0.4) is 0 Å². The molecule has 0 spiro atoms. The van der Waals surface area contributed by atoms with Crippen LogP contribution in [0, 0.1) is 19.8 Å². The van der Waals surface area contributed by atoms with E-state index in [1.807, 2.05) is 0 Å². The molecule has 0 heterocycles. The summed E-state index contributed by atoms with van der Waals surface area (Å²) in [5.74, 6) is 2.33. The minimum Gasteiger partial charge on any atom is -0.493 e. The first-order valence-corrected chi connectivity index (χ1v) is 7.89. The number of nitrogens with zero attached hydrogens (tertiary/aromatic N) is 1. The summed E-state index contributed by atoms with van der Waals surface area (Å²) in [7, 11) is 0. The Labute approximate surface area is 150 Å². The number of halogens is 1. The van der Waals surface area contributed by atoms with Crippen molar-refractivity contribution in [2.75, 3.05) is 19.7 Å². The van der Waals surface area contributed by atoms with Crippen molar-refractivity contribution >= 4 is 29.9 Å². The zero-order valence-electron chi connectivity index (χ0n) is 13.6. The number of para-hydroxylation sites is 1. The molecular weight excluding hydrogens is 389 g/mol. The number of hydrogen-bond acceptors (Lipinski definition) is 2. The topological polar surface area (TPSA) is 59.6 Å². The Bertz CT molecular complexity index is 467. The van der Waals surface area contributed by atoms with E-state index in [-0.39, 0.29) is 24.0 Å². The molecule has 1 aromatic rings. The summed E-state index contributed by atoms with van der Waals surface area (Å²) in [4.78, 5) is 4.37. The molecule has 0 aliphatic heterocycles. The third-order valence-corrected chi connectivity index (χ3v) is 4.03. The van der Waals surface area contributed by atoms with Crippen LogP contribution < -0.4 is 15.8 Å². The lowest BCUT2D eigenvalue weighted by Gasteiger charge is -2.23. The highest BCUT2D eigenvalue weighted by Gasteiger charge is 2.16. The lowest BCUT2D eigenvalue weighted by molar-refractivity contribution is 0.307. The van der Waals surface area contributed by atoms with E-state index in [0.29, 0.717) is 12.6 Å². The molecule has 0 saturated heterocycles. The number of ether oxygens (including phenoxy) is 1. The van der Waals surface area contributed by atoms with Gasteiger partial charge in [-0.2, -0.15) is 0 Å². The molecule has 0 bridgehead atoms. The van der Waals surface area contributed by atoms with Gasteiger partial charge in [-0.15, -0.1) is 24.0 Å². The van der Waals surface area contributed by atoms with Crippen LogP contribution in [0.25, 0.3) is 0 Å². The smallest absolute Gasteiger partial charge is 0.188 e. The van der Waals surface area contributed by atoms with Gasteiger partial charge in [0.05, 0.1) is 6.61 Å². The molecular formula is C17H28IN3O. The van der Waals surface area contributed by atoms with Crippen LogP contribution >= 0.6 is 24.0 Å². The van der Waals surface area contributed by atoms with Crippen molar-refractivity contribution in [3.8, 4) is 5.75 Å². The van der Waals surface area contributed by atoms with E-state index in [1.54, 1.807) is 0 Å². The zero-order chi connectivity index (χ0) is 15.1. The Morgan fingerprint density at radius 1 is 1.32 bits per heavy atom. The summed E-state index contributed by atoms with van der Waals surface area (Å²) in [6, 6.07) is 6.20. The molecule has 1 saturated carbocycles. The Hall–Kier alpha value is -0.980. The lowest BCUT2D eigenvalue weighted by Crippen LogP contribution is -2.34. The molecule has 0 amide bonds. The number of nitrogens with two attached hydrogens (primary N) is 1. The number of guanidine groups is 1. The molecule has 0 unspecified atom stereocenters. The number of benzene rings is 1.